The Morgan fingerprint density at radius 2 is 1.56 bits per heavy atom. The highest BCUT2D eigenvalue weighted by Crippen LogP contribution is 2.42. The lowest BCUT2D eigenvalue weighted by molar-refractivity contribution is -0.117. The van der Waals surface area contributed by atoms with Gasteiger partial charge in [0.2, 0.25) is 0 Å². The first-order valence-corrected chi connectivity index (χ1v) is 11.6. The van der Waals surface area contributed by atoms with Gasteiger partial charge in [-0.15, -0.1) is 0 Å². The van der Waals surface area contributed by atoms with E-state index in [0.29, 0.717) is 28.1 Å². The molecule has 1 N–H and O–H groups in total. The first-order chi connectivity index (χ1) is 15.3. The second-order valence-corrected chi connectivity index (χ2v) is 9.43. The van der Waals surface area contributed by atoms with Gasteiger partial charge in [0.15, 0.2) is 4.91 Å². The second-order valence-electron chi connectivity index (χ2n) is 7.53. The Morgan fingerprint density at radius 3 is 2.22 bits per heavy atom. The Bertz CT molecular complexity index is 1280. The molecule has 32 heavy (non-hydrogen) atoms. The molecule has 7 heteroatoms. The number of amides is 1. The fraction of sp³-hybridized carbons (Fsp3) is 0.160. The van der Waals surface area contributed by atoms with Crippen LogP contribution in [0.5, 0.6) is 5.75 Å². The topological polar surface area (TPSA) is 75.7 Å². The molecule has 0 fully saturated rings. The van der Waals surface area contributed by atoms with Gasteiger partial charge in [0.05, 0.1) is 18.8 Å². The van der Waals surface area contributed by atoms with Crippen LogP contribution in [0.25, 0.3) is 5.57 Å². The highest BCUT2D eigenvalue weighted by molar-refractivity contribution is 7.97. The molecular weight excluding hydrogens is 424 g/mol. The standard InChI is InChI=1S/C25H24N2O4S/c1-17(18-13-15-20(31-3)16-14-18)26-25(28)24-23(19-9-5-4-6-10-19)21-11-7-8-12-22(21)27(2)32(24,29)30/h4-17H,1-3H3,(H,26,28)/t17-/m1/s1. The van der Waals surface area contributed by atoms with Gasteiger partial charge in [0, 0.05) is 18.2 Å². The van der Waals surface area contributed by atoms with E-state index in [-0.39, 0.29) is 4.91 Å². The lowest BCUT2D eigenvalue weighted by Crippen LogP contribution is -2.40. The third-order valence-corrected chi connectivity index (χ3v) is 7.41. The molecule has 0 aromatic heterocycles. The van der Waals surface area contributed by atoms with E-state index in [1.807, 2.05) is 61.5 Å². The Hall–Kier alpha value is -3.58. The van der Waals surface area contributed by atoms with Crippen molar-refractivity contribution in [1.29, 1.82) is 0 Å². The summed E-state index contributed by atoms with van der Waals surface area (Å²) in [5.74, 6) is 0.0583. The largest absolute Gasteiger partial charge is 0.497 e. The van der Waals surface area contributed by atoms with Crippen molar-refractivity contribution in [3.63, 3.8) is 0 Å². The summed E-state index contributed by atoms with van der Waals surface area (Å²) >= 11 is 0. The van der Waals surface area contributed by atoms with Gasteiger partial charge in [-0.25, -0.2) is 8.42 Å². The summed E-state index contributed by atoms with van der Waals surface area (Å²) in [7, 11) is -1.02. The number of carbonyl (C=O) groups excluding carboxylic acids is 1. The average Bonchev–Trinajstić information content (AvgIpc) is 2.81. The molecule has 0 saturated heterocycles. The van der Waals surface area contributed by atoms with Crippen molar-refractivity contribution < 1.29 is 17.9 Å². The number of methoxy groups -OCH3 is 1. The van der Waals surface area contributed by atoms with Crippen LogP contribution >= 0.6 is 0 Å². The molecule has 0 aliphatic carbocycles. The van der Waals surface area contributed by atoms with Crippen LogP contribution in [-0.4, -0.2) is 28.5 Å². The van der Waals surface area contributed by atoms with E-state index in [1.54, 1.807) is 31.4 Å². The average molecular weight is 449 g/mol. The van der Waals surface area contributed by atoms with E-state index in [0.717, 1.165) is 5.56 Å². The van der Waals surface area contributed by atoms with E-state index in [4.69, 9.17) is 4.74 Å². The van der Waals surface area contributed by atoms with Gasteiger partial charge in [-0.1, -0.05) is 60.7 Å². The summed E-state index contributed by atoms with van der Waals surface area (Å²) in [6.45, 7) is 1.82. The van der Waals surface area contributed by atoms with Crippen LogP contribution in [0, 0.1) is 0 Å². The molecule has 3 aromatic carbocycles. The Labute approximate surface area is 188 Å². The SMILES string of the molecule is COc1ccc([C@@H](C)NC(=O)C2=C(c3ccccc3)c3ccccc3N(C)S2(=O)=O)cc1. The van der Waals surface area contributed by atoms with Crippen molar-refractivity contribution in [2.45, 2.75) is 13.0 Å². The third-order valence-electron chi connectivity index (χ3n) is 5.59. The first kappa shape index (κ1) is 21.6. The van der Waals surface area contributed by atoms with Crippen LogP contribution in [0.3, 0.4) is 0 Å². The molecule has 4 rings (SSSR count). The van der Waals surface area contributed by atoms with Crippen LogP contribution in [0.2, 0.25) is 0 Å². The monoisotopic (exact) mass is 448 g/mol. The van der Waals surface area contributed by atoms with Crippen molar-refractivity contribution in [3.05, 3.63) is 100 Å². The number of nitrogens with zero attached hydrogens (tertiary/aromatic N) is 1. The number of ether oxygens (including phenoxy) is 1. The fourth-order valence-corrected chi connectivity index (χ4v) is 5.31. The number of benzene rings is 3. The number of anilines is 1. The highest BCUT2D eigenvalue weighted by atomic mass is 32.2. The van der Waals surface area contributed by atoms with Gasteiger partial charge < -0.3 is 10.1 Å². The molecule has 0 spiro atoms. The summed E-state index contributed by atoms with van der Waals surface area (Å²) in [6, 6.07) is 23.2. The minimum atomic E-state index is -4.07. The number of hydrogen-bond acceptors (Lipinski definition) is 4. The van der Waals surface area contributed by atoms with Crippen LogP contribution in [0.1, 0.15) is 29.7 Å². The van der Waals surface area contributed by atoms with Crippen molar-refractivity contribution in [2.24, 2.45) is 0 Å². The van der Waals surface area contributed by atoms with Gasteiger partial charge in [-0.2, -0.15) is 0 Å². The zero-order chi connectivity index (χ0) is 22.9. The summed E-state index contributed by atoms with van der Waals surface area (Å²) in [5, 5.41) is 2.87. The minimum Gasteiger partial charge on any atom is -0.497 e. The van der Waals surface area contributed by atoms with E-state index in [1.165, 1.54) is 11.4 Å². The van der Waals surface area contributed by atoms with Crippen LogP contribution < -0.4 is 14.4 Å². The van der Waals surface area contributed by atoms with Crippen molar-refractivity contribution in [2.75, 3.05) is 18.5 Å². The van der Waals surface area contributed by atoms with Crippen LogP contribution in [-0.2, 0) is 14.8 Å². The minimum absolute atomic E-state index is 0.259. The molecule has 1 amide bonds. The second kappa shape index (κ2) is 8.51. The molecule has 1 heterocycles. The maximum Gasteiger partial charge on any atom is 0.270 e. The maximum atomic E-state index is 13.5. The Morgan fingerprint density at radius 1 is 0.938 bits per heavy atom. The molecule has 1 atom stereocenters. The highest BCUT2D eigenvalue weighted by Gasteiger charge is 2.39. The number of nitrogens with one attached hydrogen (secondary N) is 1. The molecule has 164 valence electrons. The number of hydrogen-bond donors (Lipinski definition) is 1. The van der Waals surface area contributed by atoms with Crippen molar-refractivity contribution in [3.8, 4) is 5.75 Å². The summed E-state index contributed by atoms with van der Waals surface area (Å²) < 4.78 is 33.3. The molecule has 1 aliphatic rings. The van der Waals surface area contributed by atoms with Gasteiger partial charge in [-0.05, 0) is 36.2 Å². The van der Waals surface area contributed by atoms with Gasteiger partial charge >= 0.3 is 0 Å². The summed E-state index contributed by atoms with van der Waals surface area (Å²) in [6.07, 6.45) is 0. The molecular formula is C25H24N2O4S. The van der Waals surface area contributed by atoms with Crippen molar-refractivity contribution >= 4 is 27.2 Å². The quantitative estimate of drug-likeness (QED) is 0.637. The predicted octanol–water partition coefficient (Wildman–Crippen LogP) is 4.11. The Balaban J connectivity index is 1.83. The van der Waals surface area contributed by atoms with Gasteiger partial charge in [0.1, 0.15) is 5.75 Å². The zero-order valence-electron chi connectivity index (χ0n) is 18.1. The zero-order valence-corrected chi connectivity index (χ0v) is 18.9. The maximum absolute atomic E-state index is 13.5. The molecule has 3 aromatic rings. The number of para-hydroxylation sites is 1. The summed E-state index contributed by atoms with van der Waals surface area (Å²) in [5.41, 5.74) is 3.13. The normalized spacial score (nSPS) is 15.7. The molecule has 0 bridgehead atoms. The van der Waals surface area contributed by atoms with E-state index in [9.17, 15) is 13.2 Å². The number of sulfonamides is 1. The molecule has 6 nitrogen and oxygen atoms in total. The molecule has 0 saturated carbocycles. The predicted molar refractivity (Wildman–Crippen MR) is 126 cm³/mol. The van der Waals surface area contributed by atoms with Crippen LogP contribution in [0.4, 0.5) is 5.69 Å². The number of rotatable bonds is 5. The van der Waals surface area contributed by atoms with Gasteiger partial charge in [-0.3, -0.25) is 9.10 Å². The molecule has 0 unspecified atom stereocenters. The number of fused-ring (bicyclic) bond motifs is 1. The van der Waals surface area contributed by atoms with Crippen molar-refractivity contribution in [1.82, 2.24) is 5.32 Å². The summed E-state index contributed by atoms with van der Waals surface area (Å²) in [4.78, 5) is 13.2. The van der Waals surface area contributed by atoms with E-state index >= 15 is 0 Å². The van der Waals surface area contributed by atoms with Crippen LogP contribution in [0.15, 0.2) is 83.8 Å². The molecule has 1 aliphatic heterocycles. The first-order valence-electron chi connectivity index (χ1n) is 10.2. The molecule has 0 radical (unpaired) electrons. The third kappa shape index (κ3) is 3.76. The smallest absolute Gasteiger partial charge is 0.270 e. The van der Waals surface area contributed by atoms with E-state index < -0.39 is 22.0 Å². The number of carbonyl (C=O) groups is 1. The lowest BCUT2D eigenvalue weighted by atomic mass is 9.95. The van der Waals surface area contributed by atoms with Gasteiger partial charge in [0.25, 0.3) is 15.9 Å². The fourth-order valence-electron chi connectivity index (χ4n) is 3.84. The van der Waals surface area contributed by atoms with E-state index in [2.05, 4.69) is 5.32 Å². The lowest BCUT2D eigenvalue weighted by Gasteiger charge is -2.31. The Kier molecular flexibility index (Phi) is 5.76.